The van der Waals surface area contributed by atoms with Crippen molar-refractivity contribution in [2.24, 2.45) is 0 Å². The Morgan fingerprint density at radius 1 is 0.615 bits per heavy atom. The van der Waals surface area contributed by atoms with Crippen LogP contribution < -0.4 is 11.5 Å². The summed E-state index contributed by atoms with van der Waals surface area (Å²) in [4.78, 5) is 53.0. The van der Waals surface area contributed by atoms with Crippen molar-refractivity contribution in [3.8, 4) is 0 Å². The Labute approximate surface area is 309 Å². The second kappa shape index (κ2) is 22.8. The number of methoxy groups -OCH3 is 2. The molecule has 52 heavy (non-hydrogen) atoms. The van der Waals surface area contributed by atoms with E-state index in [4.69, 9.17) is 33.0 Å². The largest absolute Gasteiger partial charge is 0.481 e. The van der Waals surface area contributed by atoms with Gasteiger partial charge in [0.25, 0.3) is 5.97 Å². The van der Waals surface area contributed by atoms with Crippen LogP contribution in [0.5, 0.6) is 0 Å². The van der Waals surface area contributed by atoms with Crippen molar-refractivity contribution in [2.75, 3.05) is 25.7 Å². The predicted molar refractivity (Wildman–Crippen MR) is 203 cm³/mol. The van der Waals surface area contributed by atoms with Gasteiger partial charge in [-0.25, -0.2) is 29.9 Å². The van der Waals surface area contributed by atoms with Gasteiger partial charge < -0.3 is 26.0 Å². The van der Waals surface area contributed by atoms with Gasteiger partial charge in [-0.3, -0.25) is 27.6 Å². The second-order valence-electron chi connectivity index (χ2n) is 10.1. The van der Waals surface area contributed by atoms with Crippen LogP contribution in [0.15, 0.2) is 37.2 Å². The third-order valence-corrected chi connectivity index (χ3v) is 6.58. The molecule has 286 valence electrons. The van der Waals surface area contributed by atoms with Crippen LogP contribution in [0, 0.1) is 41.5 Å². The SMILES string of the molecule is C.C.CC(=O)O.COC(C)=O.COC(C)=O.Cc1nc(C)n2ccnc(Cl)c12.Cc1nc(C)n2ccnc(N)c12.Cc1nc(C)n2ccnc(N)c12. The summed E-state index contributed by atoms with van der Waals surface area (Å²) >= 11 is 5.90. The third-order valence-electron chi connectivity index (χ3n) is 6.30. The van der Waals surface area contributed by atoms with Gasteiger partial charge in [-0.1, -0.05) is 26.5 Å². The number of carbonyl (C=O) groups excluding carboxylic acids is 2. The molecule has 5 N–H and O–H groups in total. The molecule has 0 bridgehead atoms. The van der Waals surface area contributed by atoms with Gasteiger partial charge in [0.05, 0.1) is 31.3 Å². The number of hydrogen-bond acceptors (Lipinski definition) is 13. The Hall–Kier alpha value is -5.84. The number of esters is 2. The lowest BCUT2D eigenvalue weighted by Gasteiger charge is -1.97. The number of carboxylic acid groups (broad SMARTS) is 1. The van der Waals surface area contributed by atoms with E-state index in [1.165, 1.54) is 28.1 Å². The number of anilines is 2. The highest BCUT2D eigenvalue weighted by atomic mass is 35.5. The minimum Gasteiger partial charge on any atom is -0.481 e. The van der Waals surface area contributed by atoms with E-state index >= 15 is 0 Å². The number of fused-ring (bicyclic) bond motifs is 3. The number of ether oxygens (including phenoxy) is 2. The van der Waals surface area contributed by atoms with E-state index in [0.717, 1.165) is 58.0 Å². The quantitative estimate of drug-likeness (QED) is 0.161. The molecule has 6 aromatic rings. The lowest BCUT2D eigenvalue weighted by atomic mass is 10.4. The van der Waals surface area contributed by atoms with Gasteiger partial charge in [0, 0.05) is 58.0 Å². The zero-order chi connectivity index (χ0) is 38.3. The standard InChI is InChI=1S/C8H8ClN3.2C8H10N4.2C3H6O2.C2H4O2.2CH4/c3*1-5-7-8(9)10-3-4-12(7)6(2)11-5;2*1-3(4)5-2;1-2(3)4;;/h3-4H,1-2H3;2*3-4H,1-2H3,(H2,9,10);2*1-2H3;1H3,(H,3,4);2*1H4. The molecule has 0 radical (unpaired) electrons. The fraction of sp³-hybridized carbons (Fsp3) is 0.382. The number of nitrogen functional groups attached to an aromatic ring is 2. The Kier molecular flexibility index (Phi) is 21.2. The van der Waals surface area contributed by atoms with Crippen LogP contribution in [0.2, 0.25) is 5.15 Å². The van der Waals surface area contributed by atoms with Crippen LogP contribution >= 0.6 is 11.6 Å². The number of hydrogen-bond donors (Lipinski definition) is 3. The van der Waals surface area contributed by atoms with Crippen molar-refractivity contribution in [3.63, 3.8) is 0 Å². The lowest BCUT2D eigenvalue weighted by molar-refractivity contribution is -0.138. The Morgan fingerprint density at radius 3 is 1.12 bits per heavy atom. The number of aromatic nitrogens is 9. The normalized spacial score (nSPS) is 9.31. The van der Waals surface area contributed by atoms with E-state index in [0.29, 0.717) is 16.8 Å². The van der Waals surface area contributed by atoms with E-state index < -0.39 is 5.97 Å². The molecule has 0 aromatic carbocycles. The molecule has 17 nitrogen and oxygen atoms in total. The molecule has 0 amide bonds. The summed E-state index contributed by atoms with van der Waals surface area (Å²) in [5.41, 5.74) is 16.9. The molecule has 0 saturated heterocycles. The summed E-state index contributed by atoms with van der Waals surface area (Å²) in [6.07, 6.45) is 10.6. The molecular formula is C34H52ClN11O6. The van der Waals surface area contributed by atoms with Crippen LogP contribution in [-0.4, -0.2) is 80.3 Å². The molecule has 6 heterocycles. The summed E-state index contributed by atoms with van der Waals surface area (Å²) in [6.45, 7) is 15.4. The monoisotopic (exact) mass is 745 g/mol. The fourth-order valence-electron chi connectivity index (χ4n) is 4.18. The smallest absolute Gasteiger partial charge is 0.302 e. The predicted octanol–water partition coefficient (Wildman–Crippen LogP) is 5.58. The first-order chi connectivity index (χ1) is 23.4. The summed E-state index contributed by atoms with van der Waals surface area (Å²) < 4.78 is 14.0. The molecular weight excluding hydrogens is 694 g/mol. The topological polar surface area (TPSA) is 233 Å². The van der Waals surface area contributed by atoms with Gasteiger partial charge in [0.1, 0.15) is 45.7 Å². The lowest BCUT2D eigenvalue weighted by Crippen LogP contribution is -1.95. The summed E-state index contributed by atoms with van der Waals surface area (Å²) in [5, 5.41) is 7.93. The number of nitrogens with two attached hydrogens (primary N) is 2. The van der Waals surface area contributed by atoms with Crippen LogP contribution in [0.1, 0.15) is 70.2 Å². The summed E-state index contributed by atoms with van der Waals surface area (Å²) in [7, 11) is 2.70. The maximum absolute atomic E-state index is 9.59. The van der Waals surface area contributed by atoms with Crippen molar-refractivity contribution in [1.82, 2.24) is 43.1 Å². The molecule has 0 aliphatic heterocycles. The van der Waals surface area contributed by atoms with Crippen molar-refractivity contribution in [2.45, 2.75) is 77.2 Å². The van der Waals surface area contributed by atoms with E-state index in [9.17, 15) is 9.59 Å². The van der Waals surface area contributed by atoms with Gasteiger partial charge in [-0.15, -0.1) is 0 Å². The Morgan fingerprint density at radius 2 is 0.865 bits per heavy atom. The second-order valence-corrected chi connectivity index (χ2v) is 10.5. The molecule has 6 aromatic heterocycles. The molecule has 18 heteroatoms. The van der Waals surface area contributed by atoms with E-state index in [1.807, 2.05) is 73.3 Å². The molecule has 0 aliphatic rings. The van der Waals surface area contributed by atoms with Crippen LogP contribution in [-0.2, 0) is 23.9 Å². The Balaban J connectivity index is 0. The number of halogens is 1. The molecule has 6 rings (SSSR count). The highest BCUT2D eigenvalue weighted by Crippen LogP contribution is 2.19. The zero-order valence-electron chi connectivity index (χ0n) is 30.0. The van der Waals surface area contributed by atoms with Crippen molar-refractivity contribution < 1.29 is 29.0 Å². The summed E-state index contributed by atoms with van der Waals surface area (Å²) in [6, 6.07) is 0. The van der Waals surface area contributed by atoms with Crippen molar-refractivity contribution in [3.05, 3.63) is 76.9 Å². The highest BCUT2D eigenvalue weighted by Gasteiger charge is 2.08. The number of carbonyl (C=O) groups is 3. The first kappa shape index (κ1) is 48.3. The number of carboxylic acids is 1. The van der Waals surface area contributed by atoms with E-state index in [-0.39, 0.29) is 26.8 Å². The minimum atomic E-state index is -0.833. The number of aryl methyl sites for hydroxylation is 6. The van der Waals surface area contributed by atoms with Crippen LogP contribution in [0.4, 0.5) is 11.6 Å². The fourth-order valence-corrected chi connectivity index (χ4v) is 4.46. The van der Waals surface area contributed by atoms with Crippen LogP contribution in [0.3, 0.4) is 0 Å². The van der Waals surface area contributed by atoms with Crippen molar-refractivity contribution in [1.29, 1.82) is 0 Å². The number of nitrogens with zero attached hydrogens (tertiary/aromatic N) is 9. The number of aliphatic carboxylic acids is 1. The van der Waals surface area contributed by atoms with Crippen LogP contribution in [0.25, 0.3) is 16.6 Å². The Bertz CT molecular complexity index is 1840. The van der Waals surface area contributed by atoms with Gasteiger partial charge in [0.2, 0.25) is 0 Å². The molecule has 0 saturated carbocycles. The molecule has 0 aliphatic carbocycles. The van der Waals surface area contributed by atoms with Crippen molar-refractivity contribution >= 4 is 57.7 Å². The molecule has 0 fully saturated rings. The molecule has 0 spiro atoms. The summed E-state index contributed by atoms with van der Waals surface area (Å²) in [5.74, 6) is 2.57. The number of imidazole rings is 3. The van der Waals surface area contributed by atoms with E-state index in [1.54, 1.807) is 18.6 Å². The van der Waals surface area contributed by atoms with Gasteiger partial charge in [-0.2, -0.15) is 0 Å². The average molecular weight is 746 g/mol. The van der Waals surface area contributed by atoms with Gasteiger partial charge in [0.15, 0.2) is 5.15 Å². The first-order valence-electron chi connectivity index (χ1n) is 14.7. The van der Waals surface area contributed by atoms with Gasteiger partial charge in [-0.05, 0) is 41.5 Å². The van der Waals surface area contributed by atoms with E-state index in [2.05, 4.69) is 39.4 Å². The first-order valence-corrected chi connectivity index (χ1v) is 15.1. The number of rotatable bonds is 0. The molecule has 0 unspecified atom stereocenters. The zero-order valence-corrected chi connectivity index (χ0v) is 30.8. The van der Waals surface area contributed by atoms with Gasteiger partial charge >= 0.3 is 11.9 Å². The maximum Gasteiger partial charge on any atom is 0.302 e. The third kappa shape index (κ3) is 14.2. The molecule has 0 atom stereocenters. The maximum atomic E-state index is 9.59. The minimum absolute atomic E-state index is 0. The highest BCUT2D eigenvalue weighted by molar-refractivity contribution is 6.32. The average Bonchev–Trinajstić information content (AvgIpc) is 3.63.